The average Bonchev–Trinajstić information content (AvgIpc) is 2.39. The molecule has 0 amide bonds. The lowest BCUT2D eigenvalue weighted by Crippen LogP contribution is -2.09. The highest BCUT2D eigenvalue weighted by molar-refractivity contribution is 6.33. The second-order valence-electron chi connectivity index (χ2n) is 3.81. The fraction of sp³-hybridized carbons (Fsp3) is 0.143. The minimum atomic E-state index is 0.481. The second-order valence-corrected chi connectivity index (χ2v) is 4.49. The van der Waals surface area contributed by atoms with Crippen LogP contribution in [0.2, 0.25) is 5.02 Å². The van der Waals surface area contributed by atoms with Crippen molar-refractivity contribution in [3.05, 3.63) is 59.1 Å². The van der Waals surface area contributed by atoms with Crippen LogP contribution < -0.4 is 4.90 Å². The number of hydrogen-bond acceptors (Lipinski definition) is 1. The first-order chi connectivity index (χ1) is 8.22. The van der Waals surface area contributed by atoms with Gasteiger partial charge in [-0.3, -0.25) is 0 Å². The highest BCUT2D eigenvalue weighted by atomic mass is 35.5. The molecule has 0 heterocycles. The number of nitrogens with zero attached hydrogens (tertiary/aromatic N) is 1. The molecule has 0 bridgehead atoms. The van der Waals surface area contributed by atoms with Crippen LogP contribution in [0.4, 0.5) is 11.4 Å². The average molecular weight is 266 g/mol. The van der Waals surface area contributed by atoms with Gasteiger partial charge in [0.15, 0.2) is 0 Å². The molecule has 2 aromatic rings. The number of halogens is 2. The number of para-hydroxylation sites is 1. The molecule has 0 saturated carbocycles. The van der Waals surface area contributed by atoms with E-state index in [1.807, 2.05) is 55.6 Å². The van der Waals surface area contributed by atoms with E-state index < -0.39 is 0 Å². The summed E-state index contributed by atoms with van der Waals surface area (Å²) < 4.78 is 0. The normalized spacial score (nSPS) is 10.3. The fourth-order valence-electron chi connectivity index (χ4n) is 1.70. The monoisotopic (exact) mass is 265 g/mol. The van der Waals surface area contributed by atoms with Gasteiger partial charge in [-0.25, -0.2) is 0 Å². The molecule has 0 aliphatic rings. The summed E-state index contributed by atoms with van der Waals surface area (Å²) in [5.41, 5.74) is 3.11. The first-order valence-corrected chi connectivity index (χ1v) is 6.27. The van der Waals surface area contributed by atoms with Gasteiger partial charge in [0, 0.05) is 18.6 Å². The minimum absolute atomic E-state index is 0.481. The summed E-state index contributed by atoms with van der Waals surface area (Å²) in [5, 5.41) is 0.717. The van der Waals surface area contributed by atoms with Crippen molar-refractivity contribution in [1.82, 2.24) is 0 Å². The number of rotatable bonds is 3. The molecule has 0 atom stereocenters. The van der Waals surface area contributed by atoms with Crippen molar-refractivity contribution in [2.45, 2.75) is 5.88 Å². The van der Waals surface area contributed by atoms with Crippen molar-refractivity contribution in [3.63, 3.8) is 0 Å². The Morgan fingerprint density at radius 2 is 1.76 bits per heavy atom. The maximum Gasteiger partial charge on any atom is 0.0646 e. The van der Waals surface area contributed by atoms with E-state index in [0.29, 0.717) is 5.88 Å². The van der Waals surface area contributed by atoms with Crippen LogP contribution in [0, 0.1) is 0 Å². The molecule has 0 radical (unpaired) electrons. The summed E-state index contributed by atoms with van der Waals surface area (Å²) in [6.45, 7) is 0. The molecule has 0 unspecified atom stereocenters. The quantitative estimate of drug-likeness (QED) is 0.718. The molecule has 0 fully saturated rings. The van der Waals surface area contributed by atoms with Gasteiger partial charge in [-0.05, 0) is 29.8 Å². The van der Waals surface area contributed by atoms with Gasteiger partial charge in [0.2, 0.25) is 0 Å². The standard InChI is InChI=1S/C14H13Cl2N/c1-17(12-5-3-2-4-6-12)14-8-7-11(10-15)9-13(14)16/h2-9H,10H2,1H3. The Bertz CT molecular complexity index is 497. The third-order valence-corrected chi connectivity index (χ3v) is 3.28. The highest BCUT2D eigenvalue weighted by Crippen LogP contribution is 2.31. The molecule has 0 aliphatic heterocycles. The summed E-state index contributed by atoms with van der Waals surface area (Å²) in [6.07, 6.45) is 0. The summed E-state index contributed by atoms with van der Waals surface area (Å²) in [5.74, 6) is 0.481. The van der Waals surface area contributed by atoms with E-state index >= 15 is 0 Å². The van der Waals surface area contributed by atoms with Crippen molar-refractivity contribution in [1.29, 1.82) is 0 Å². The van der Waals surface area contributed by atoms with E-state index in [0.717, 1.165) is 22.0 Å². The minimum Gasteiger partial charge on any atom is -0.343 e. The predicted molar refractivity (Wildman–Crippen MR) is 75.5 cm³/mol. The van der Waals surface area contributed by atoms with Gasteiger partial charge in [-0.15, -0.1) is 11.6 Å². The van der Waals surface area contributed by atoms with E-state index in [4.69, 9.17) is 23.2 Å². The summed E-state index contributed by atoms with van der Waals surface area (Å²) in [6, 6.07) is 16.0. The largest absolute Gasteiger partial charge is 0.343 e. The number of hydrogen-bond donors (Lipinski definition) is 0. The van der Waals surface area contributed by atoms with Gasteiger partial charge in [0.1, 0.15) is 0 Å². The van der Waals surface area contributed by atoms with Crippen LogP contribution in [-0.2, 0) is 5.88 Å². The summed E-state index contributed by atoms with van der Waals surface area (Å²) >= 11 is 12.0. The topological polar surface area (TPSA) is 3.24 Å². The summed E-state index contributed by atoms with van der Waals surface area (Å²) in [7, 11) is 2.00. The van der Waals surface area contributed by atoms with Crippen LogP contribution in [0.5, 0.6) is 0 Å². The molecule has 0 saturated heterocycles. The first-order valence-electron chi connectivity index (χ1n) is 5.35. The molecule has 17 heavy (non-hydrogen) atoms. The lowest BCUT2D eigenvalue weighted by molar-refractivity contribution is 1.20. The maximum absolute atomic E-state index is 6.25. The van der Waals surface area contributed by atoms with Crippen molar-refractivity contribution in [2.75, 3.05) is 11.9 Å². The number of alkyl halides is 1. The van der Waals surface area contributed by atoms with Crippen molar-refractivity contribution >= 4 is 34.6 Å². The van der Waals surface area contributed by atoms with Gasteiger partial charge in [0.05, 0.1) is 10.7 Å². The molecule has 0 spiro atoms. The van der Waals surface area contributed by atoms with E-state index in [-0.39, 0.29) is 0 Å². The van der Waals surface area contributed by atoms with Crippen molar-refractivity contribution < 1.29 is 0 Å². The Hall–Kier alpha value is -1.18. The molecule has 0 N–H and O–H groups in total. The fourth-order valence-corrected chi connectivity index (χ4v) is 2.19. The Kier molecular flexibility index (Phi) is 3.93. The highest BCUT2D eigenvalue weighted by Gasteiger charge is 2.08. The van der Waals surface area contributed by atoms with Gasteiger partial charge in [-0.2, -0.15) is 0 Å². The molecule has 3 heteroatoms. The third-order valence-electron chi connectivity index (χ3n) is 2.67. The van der Waals surface area contributed by atoms with Crippen LogP contribution in [0.3, 0.4) is 0 Å². The second kappa shape index (κ2) is 5.44. The lowest BCUT2D eigenvalue weighted by Gasteiger charge is -2.21. The molecular formula is C14H13Cl2N. The molecule has 88 valence electrons. The van der Waals surface area contributed by atoms with Gasteiger partial charge >= 0.3 is 0 Å². The first kappa shape index (κ1) is 12.3. The van der Waals surface area contributed by atoms with Crippen LogP contribution >= 0.6 is 23.2 Å². The molecule has 0 aromatic heterocycles. The molecule has 2 aromatic carbocycles. The number of anilines is 2. The molecule has 1 nitrogen and oxygen atoms in total. The zero-order valence-corrected chi connectivity index (χ0v) is 11.0. The Labute approximate surface area is 112 Å². The van der Waals surface area contributed by atoms with E-state index in [9.17, 15) is 0 Å². The van der Waals surface area contributed by atoms with Crippen LogP contribution in [0.25, 0.3) is 0 Å². The van der Waals surface area contributed by atoms with E-state index in [2.05, 4.69) is 4.90 Å². The maximum atomic E-state index is 6.25. The smallest absolute Gasteiger partial charge is 0.0646 e. The predicted octanol–water partition coefficient (Wildman–Crippen LogP) is 4.85. The van der Waals surface area contributed by atoms with Crippen LogP contribution in [0.15, 0.2) is 48.5 Å². The number of benzene rings is 2. The van der Waals surface area contributed by atoms with E-state index in [1.165, 1.54) is 0 Å². The molecule has 2 rings (SSSR count). The lowest BCUT2D eigenvalue weighted by atomic mass is 10.2. The zero-order chi connectivity index (χ0) is 12.3. The van der Waals surface area contributed by atoms with Gasteiger partial charge in [0.25, 0.3) is 0 Å². The van der Waals surface area contributed by atoms with Crippen LogP contribution in [0.1, 0.15) is 5.56 Å². The SMILES string of the molecule is CN(c1ccccc1)c1ccc(CCl)cc1Cl. The molecular weight excluding hydrogens is 253 g/mol. The Morgan fingerprint density at radius 1 is 1.06 bits per heavy atom. The van der Waals surface area contributed by atoms with E-state index in [1.54, 1.807) is 0 Å². The summed E-state index contributed by atoms with van der Waals surface area (Å²) in [4.78, 5) is 2.06. The van der Waals surface area contributed by atoms with Gasteiger partial charge in [-0.1, -0.05) is 35.9 Å². The molecule has 0 aliphatic carbocycles. The zero-order valence-electron chi connectivity index (χ0n) is 9.53. The van der Waals surface area contributed by atoms with Gasteiger partial charge < -0.3 is 4.90 Å². The Morgan fingerprint density at radius 3 is 2.35 bits per heavy atom. The van der Waals surface area contributed by atoms with Crippen LogP contribution in [-0.4, -0.2) is 7.05 Å². The Balaban J connectivity index is 2.34. The van der Waals surface area contributed by atoms with Crippen molar-refractivity contribution in [2.24, 2.45) is 0 Å². The third kappa shape index (κ3) is 2.74. The van der Waals surface area contributed by atoms with Crippen molar-refractivity contribution in [3.8, 4) is 0 Å².